The summed E-state index contributed by atoms with van der Waals surface area (Å²) in [6.07, 6.45) is 2.29. The molecule has 0 bridgehead atoms. The molecule has 0 aliphatic carbocycles. The quantitative estimate of drug-likeness (QED) is 0.800. The minimum absolute atomic E-state index is 0.268. The molecule has 0 fully saturated rings. The number of nitrogens with one attached hydrogen (secondary N) is 1. The predicted molar refractivity (Wildman–Crippen MR) is 76.1 cm³/mol. The lowest BCUT2D eigenvalue weighted by Crippen LogP contribution is -2.34. The van der Waals surface area contributed by atoms with Crippen LogP contribution in [0.4, 0.5) is 5.69 Å². The van der Waals surface area contributed by atoms with E-state index in [1.54, 1.807) is 0 Å². The lowest BCUT2D eigenvalue weighted by atomic mass is 10.1. The first-order valence-corrected chi connectivity index (χ1v) is 6.58. The lowest BCUT2D eigenvalue weighted by molar-refractivity contribution is -0.137. The third kappa shape index (κ3) is 3.05. The highest BCUT2D eigenvalue weighted by atomic mass is 16.5. The van der Waals surface area contributed by atoms with Gasteiger partial charge in [0.15, 0.2) is 0 Å². The van der Waals surface area contributed by atoms with Crippen molar-refractivity contribution in [3.8, 4) is 0 Å². The average Bonchev–Trinajstić information content (AvgIpc) is 2.72. The van der Waals surface area contributed by atoms with Crippen LogP contribution in [0, 0.1) is 0 Å². The van der Waals surface area contributed by atoms with Gasteiger partial charge in [0, 0.05) is 18.9 Å². The van der Waals surface area contributed by atoms with E-state index in [2.05, 4.69) is 12.2 Å². The van der Waals surface area contributed by atoms with Crippen LogP contribution in [0.2, 0.25) is 0 Å². The molecule has 0 radical (unpaired) electrons. The third-order valence-electron chi connectivity index (χ3n) is 3.17. The highest BCUT2D eigenvalue weighted by Gasteiger charge is 2.30. The van der Waals surface area contributed by atoms with Crippen LogP contribution in [0.1, 0.15) is 12.5 Å². The van der Waals surface area contributed by atoms with E-state index in [4.69, 9.17) is 4.74 Å². The standard InChI is InChI=1S/C15H18N2O3/c1-3-11-4-6-12(7-5-11)16-13-10-14(18)17(15(13)19)8-9-20-2/h4-7,10,16H,3,8-9H2,1-2H3. The highest BCUT2D eigenvalue weighted by molar-refractivity contribution is 6.17. The Kier molecular flexibility index (Phi) is 4.53. The maximum atomic E-state index is 12.1. The van der Waals surface area contributed by atoms with E-state index in [-0.39, 0.29) is 18.4 Å². The number of imide groups is 1. The van der Waals surface area contributed by atoms with E-state index in [1.165, 1.54) is 23.6 Å². The smallest absolute Gasteiger partial charge is 0.277 e. The van der Waals surface area contributed by atoms with Gasteiger partial charge in [0.25, 0.3) is 11.8 Å². The van der Waals surface area contributed by atoms with Gasteiger partial charge in [-0.3, -0.25) is 14.5 Å². The number of hydrogen-bond acceptors (Lipinski definition) is 4. The number of amides is 2. The van der Waals surface area contributed by atoms with Crippen molar-refractivity contribution in [3.05, 3.63) is 41.6 Å². The van der Waals surface area contributed by atoms with Gasteiger partial charge in [-0.1, -0.05) is 19.1 Å². The molecule has 1 aliphatic rings. The summed E-state index contributed by atoms with van der Waals surface area (Å²) in [7, 11) is 1.53. The number of benzene rings is 1. The van der Waals surface area contributed by atoms with Gasteiger partial charge in [-0.2, -0.15) is 0 Å². The minimum atomic E-state index is -0.313. The molecule has 1 aliphatic heterocycles. The van der Waals surface area contributed by atoms with Crippen LogP contribution in [-0.2, 0) is 20.7 Å². The molecule has 5 heteroatoms. The van der Waals surface area contributed by atoms with E-state index >= 15 is 0 Å². The topological polar surface area (TPSA) is 58.6 Å². The zero-order chi connectivity index (χ0) is 14.5. The molecule has 0 saturated carbocycles. The Labute approximate surface area is 118 Å². The second-order valence-corrected chi connectivity index (χ2v) is 4.52. The maximum Gasteiger partial charge on any atom is 0.277 e. The van der Waals surface area contributed by atoms with Gasteiger partial charge in [0.1, 0.15) is 5.70 Å². The van der Waals surface area contributed by atoms with E-state index in [9.17, 15) is 9.59 Å². The summed E-state index contributed by atoms with van der Waals surface area (Å²) in [5.41, 5.74) is 2.32. The van der Waals surface area contributed by atoms with Gasteiger partial charge in [-0.25, -0.2) is 0 Å². The summed E-state index contributed by atoms with van der Waals surface area (Å²) in [6, 6.07) is 7.78. The number of ether oxygens (including phenoxy) is 1. The van der Waals surface area contributed by atoms with Crippen LogP contribution in [-0.4, -0.2) is 37.0 Å². The largest absolute Gasteiger partial charge is 0.383 e. The van der Waals surface area contributed by atoms with Gasteiger partial charge >= 0.3 is 0 Å². The second-order valence-electron chi connectivity index (χ2n) is 4.52. The van der Waals surface area contributed by atoms with Gasteiger partial charge in [-0.15, -0.1) is 0 Å². The highest BCUT2D eigenvalue weighted by Crippen LogP contribution is 2.17. The van der Waals surface area contributed by atoms with Crippen molar-refractivity contribution in [1.29, 1.82) is 0 Å². The SMILES string of the molecule is CCc1ccc(NC2=CC(=O)N(CCOC)C2=O)cc1. The van der Waals surface area contributed by atoms with Crippen molar-refractivity contribution < 1.29 is 14.3 Å². The Morgan fingerprint density at radius 2 is 1.90 bits per heavy atom. The predicted octanol–water partition coefficient (Wildman–Crippen LogP) is 1.56. The van der Waals surface area contributed by atoms with E-state index in [0.29, 0.717) is 12.3 Å². The first-order valence-electron chi connectivity index (χ1n) is 6.58. The molecule has 5 nitrogen and oxygen atoms in total. The molecule has 0 saturated heterocycles. The summed E-state index contributed by atoms with van der Waals surface area (Å²) in [6.45, 7) is 2.69. The van der Waals surface area contributed by atoms with Crippen LogP contribution in [0.3, 0.4) is 0 Å². The fourth-order valence-corrected chi connectivity index (χ4v) is 1.97. The summed E-state index contributed by atoms with van der Waals surface area (Å²) in [5, 5.41) is 2.99. The van der Waals surface area contributed by atoms with Crippen LogP contribution in [0.15, 0.2) is 36.0 Å². The fourth-order valence-electron chi connectivity index (χ4n) is 1.97. The molecule has 106 valence electrons. The van der Waals surface area contributed by atoms with E-state index in [0.717, 1.165) is 12.1 Å². The maximum absolute atomic E-state index is 12.1. The fraction of sp³-hybridized carbons (Fsp3) is 0.333. The Morgan fingerprint density at radius 1 is 1.20 bits per heavy atom. The van der Waals surface area contributed by atoms with Crippen LogP contribution >= 0.6 is 0 Å². The zero-order valence-electron chi connectivity index (χ0n) is 11.7. The molecule has 20 heavy (non-hydrogen) atoms. The van der Waals surface area contributed by atoms with Crippen molar-refractivity contribution in [2.45, 2.75) is 13.3 Å². The molecule has 0 spiro atoms. The molecule has 1 aromatic carbocycles. The molecule has 1 heterocycles. The van der Waals surface area contributed by atoms with Gasteiger partial charge in [0.05, 0.1) is 13.2 Å². The average molecular weight is 274 g/mol. The van der Waals surface area contributed by atoms with E-state index < -0.39 is 0 Å². The van der Waals surface area contributed by atoms with Crippen molar-refractivity contribution in [3.63, 3.8) is 0 Å². The lowest BCUT2D eigenvalue weighted by Gasteiger charge is -2.14. The van der Waals surface area contributed by atoms with Crippen molar-refractivity contribution in [1.82, 2.24) is 4.90 Å². The van der Waals surface area contributed by atoms with Crippen molar-refractivity contribution in [2.24, 2.45) is 0 Å². The van der Waals surface area contributed by atoms with Crippen molar-refractivity contribution in [2.75, 3.05) is 25.6 Å². The Morgan fingerprint density at radius 3 is 2.50 bits per heavy atom. The number of nitrogens with zero attached hydrogens (tertiary/aromatic N) is 1. The minimum Gasteiger partial charge on any atom is -0.383 e. The summed E-state index contributed by atoms with van der Waals surface area (Å²) in [5.74, 6) is -0.619. The van der Waals surface area contributed by atoms with Gasteiger partial charge in [-0.05, 0) is 24.1 Å². The van der Waals surface area contributed by atoms with Gasteiger partial charge in [0.2, 0.25) is 0 Å². The van der Waals surface area contributed by atoms with Crippen LogP contribution < -0.4 is 5.32 Å². The first kappa shape index (κ1) is 14.3. The molecule has 0 aromatic heterocycles. The van der Waals surface area contributed by atoms with Crippen LogP contribution in [0.5, 0.6) is 0 Å². The summed E-state index contributed by atoms with van der Waals surface area (Å²) < 4.78 is 4.89. The Bertz CT molecular complexity index is 535. The molecular weight excluding hydrogens is 256 g/mol. The third-order valence-corrected chi connectivity index (χ3v) is 3.17. The summed E-state index contributed by atoms with van der Waals surface area (Å²) in [4.78, 5) is 25.0. The molecule has 2 amide bonds. The molecule has 2 rings (SSSR count). The normalized spacial score (nSPS) is 14.7. The van der Waals surface area contributed by atoms with Crippen molar-refractivity contribution >= 4 is 17.5 Å². The number of carbonyl (C=O) groups is 2. The molecule has 1 aromatic rings. The molecule has 0 atom stereocenters. The Balaban J connectivity index is 2.04. The molecule has 1 N–H and O–H groups in total. The number of hydrogen-bond donors (Lipinski definition) is 1. The van der Waals surface area contributed by atoms with Crippen LogP contribution in [0.25, 0.3) is 0 Å². The monoisotopic (exact) mass is 274 g/mol. The number of anilines is 1. The zero-order valence-corrected chi connectivity index (χ0v) is 11.7. The molecular formula is C15H18N2O3. The van der Waals surface area contributed by atoms with E-state index in [1.807, 2.05) is 24.3 Å². The first-order chi connectivity index (χ1) is 9.65. The number of carbonyl (C=O) groups excluding carboxylic acids is 2. The number of methoxy groups -OCH3 is 1. The number of rotatable bonds is 6. The molecule has 0 unspecified atom stereocenters. The Hall–Kier alpha value is -2.14. The van der Waals surface area contributed by atoms with Gasteiger partial charge < -0.3 is 10.1 Å². The summed E-state index contributed by atoms with van der Waals surface area (Å²) >= 11 is 0. The second kappa shape index (κ2) is 6.34. The number of aryl methyl sites for hydroxylation is 1.